The number of hydrogen-bond acceptors (Lipinski definition) is 4. The van der Waals surface area contributed by atoms with Gasteiger partial charge in [-0.3, -0.25) is 9.59 Å². The fourth-order valence-corrected chi connectivity index (χ4v) is 9.68. The Morgan fingerprint density at radius 2 is 1.69 bits per heavy atom. The summed E-state index contributed by atoms with van der Waals surface area (Å²) in [7, 11) is 0. The van der Waals surface area contributed by atoms with E-state index < -0.39 is 5.97 Å². The number of aliphatic hydroxyl groups excluding tert-OH is 1. The first kappa shape index (κ1) is 24.0. The molecular formula is C27H44O5. The Morgan fingerprint density at radius 3 is 2.31 bits per heavy atom. The van der Waals surface area contributed by atoms with Crippen LogP contribution >= 0.6 is 0 Å². The van der Waals surface area contributed by atoms with Crippen molar-refractivity contribution in [2.24, 2.45) is 52.3 Å². The third kappa shape index (κ3) is 3.71. The highest BCUT2D eigenvalue weighted by Crippen LogP contribution is 2.69. The van der Waals surface area contributed by atoms with Crippen molar-refractivity contribution in [3.63, 3.8) is 0 Å². The highest BCUT2D eigenvalue weighted by atomic mass is 16.5. The van der Waals surface area contributed by atoms with Gasteiger partial charge in [0.25, 0.3) is 0 Å². The van der Waals surface area contributed by atoms with Crippen molar-refractivity contribution in [3.8, 4) is 0 Å². The molecule has 5 heteroatoms. The summed E-state index contributed by atoms with van der Waals surface area (Å²) in [6.07, 6.45) is 8.27. The van der Waals surface area contributed by atoms with E-state index in [0.717, 1.165) is 51.4 Å². The Hall–Kier alpha value is -1.10. The maximum Gasteiger partial charge on any atom is 0.303 e. The van der Waals surface area contributed by atoms with Gasteiger partial charge in [0.1, 0.15) is 6.10 Å². The molecule has 4 aliphatic rings. The van der Waals surface area contributed by atoms with Gasteiger partial charge in [0.2, 0.25) is 0 Å². The Labute approximate surface area is 193 Å². The molecule has 0 heterocycles. The first-order valence-corrected chi connectivity index (χ1v) is 13.1. The fraction of sp³-hybridized carbons (Fsp3) is 0.926. The van der Waals surface area contributed by atoms with Crippen LogP contribution in [-0.4, -0.2) is 34.4 Å². The number of aliphatic carboxylic acids is 1. The minimum atomic E-state index is -0.693. The minimum Gasteiger partial charge on any atom is -0.481 e. The van der Waals surface area contributed by atoms with Gasteiger partial charge in [0.05, 0.1) is 6.10 Å². The van der Waals surface area contributed by atoms with Gasteiger partial charge >= 0.3 is 11.9 Å². The van der Waals surface area contributed by atoms with Gasteiger partial charge in [0.15, 0.2) is 0 Å². The Bertz CT molecular complexity index is 736. The van der Waals surface area contributed by atoms with Crippen LogP contribution in [-0.2, 0) is 14.3 Å². The molecule has 0 aliphatic heterocycles. The second-order valence-electron chi connectivity index (χ2n) is 12.3. The molecule has 4 aliphatic carbocycles. The van der Waals surface area contributed by atoms with Gasteiger partial charge in [0, 0.05) is 13.3 Å². The van der Waals surface area contributed by atoms with E-state index in [4.69, 9.17) is 4.74 Å². The maximum absolute atomic E-state index is 11.8. The molecule has 0 aromatic heterocycles. The van der Waals surface area contributed by atoms with Crippen molar-refractivity contribution in [1.29, 1.82) is 0 Å². The van der Waals surface area contributed by atoms with Crippen molar-refractivity contribution in [2.75, 3.05) is 0 Å². The monoisotopic (exact) mass is 448 g/mol. The van der Waals surface area contributed by atoms with Crippen LogP contribution < -0.4 is 0 Å². The van der Waals surface area contributed by atoms with E-state index in [1.165, 1.54) is 6.92 Å². The number of hydrogen-bond donors (Lipinski definition) is 2. The predicted octanol–water partition coefficient (Wildman–Crippen LogP) is 5.29. The second-order valence-corrected chi connectivity index (χ2v) is 12.3. The molecule has 182 valence electrons. The zero-order valence-electron chi connectivity index (χ0n) is 20.7. The van der Waals surface area contributed by atoms with Crippen molar-refractivity contribution in [2.45, 2.75) is 105 Å². The van der Waals surface area contributed by atoms with Crippen LogP contribution in [0, 0.1) is 52.3 Å². The topological polar surface area (TPSA) is 83.8 Å². The summed E-state index contributed by atoms with van der Waals surface area (Å²) >= 11 is 0. The summed E-state index contributed by atoms with van der Waals surface area (Å²) < 4.78 is 5.64. The second kappa shape index (κ2) is 8.60. The number of carboxylic acid groups (broad SMARTS) is 1. The molecule has 4 rings (SSSR count). The van der Waals surface area contributed by atoms with E-state index >= 15 is 0 Å². The normalized spacial score (nSPS) is 48.8. The number of fused-ring (bicyclic) bond motifs is 5. The molecule has 5 nitrogen and oxygen atoms in total. The summed E-state index contributed by atoms with van der Waals surface area (Å²) in [6.45, 7) is 10.7. The summed E-state index contributed by atoms with van der Waals surface area (Å²) in [5.74, 6) is 1.68. The van der Waals surface area contributed by atoms with E-state index in [1.807, 2.05) is 0 Å². The molecule has 4 saturated carbocycles. The van der Waals surface area contributed by atoms with Gasteiger partial charge in [-0.05, 0) is 97.2 Å². The van der Waals surface area contributed by atoms with Gasteiger partial charge in [-0.25, -0.2) is 0 Å². The zero-order chi connectivity index (χ0) is 23.4. The summed E-state index contributed by atoms with van der Waals surface area (Å²) in [5.41, 5.74) is 0.320. The van der Waals surface area contributed by atoms with Crippen LogP contribution in [0.2, 0.25) is 0 Å². The van der Waals surface area contributed by atoms with Crippen LogP contribution in [0.5, 0.6) is 0 Å². The van der Waals surface area contributed by atoms with Gasteiger partial charge < -0.3 is 14.9 Å². The molecule has 0 aromatic rings. The molecule has 0 aromatic carbocycles. The van der Waals surface area contributed by atoms with E-state index in [9.17, 15) is 19.8 Å². The summed E-state index contributed by atoms with van der Waals surface area (Å²) in [5, 5.41) is 21.2. The minimum absolute atomic E-state index is 0.00930. The third-order valence-corrected chi connectivity index (χ3v) is 11.0. The number of carbonyl (C=O) groups excluding carboxylic acids is 1. The van der Waals surface area contributed by atoms with Gasteiger partial charge in [-0.15, -0.1) is 0 Å². The number of aliphatic hydroxyl groups is 1. The van der Waals surface area contributed by atoms with E-state index in [0.29, 0.717) is 29.6 Å². The Morgan fingerprint density at radius 1 is 1.03 bits per heavy atom. The predicted molar refractivity (Wildman–Crippen MR) is 123 cm³/mol. The Balaban J connectivity index is 1.62. The Kier molecular flexibility index (Phi) is 6.46. The van der Waals surface area contributed by atoms with Crippen LogP contribution in [0.15, 0.2) is 0 Å². The van der Waals surface area contributed by atoms with Gasteiger partial charge in [-0.1, -0.05) is 34.1 Å². The molecule has 0 spiro atoms. The lowest BCUT2D eigenvalue weighted by atomic mass is 9.41. The number of carbonyl (C=O) groups is 2. The van der Waals surface area contributed by atoms with E-state index in [-0.39, 0.29) is 47.3 Å². The van der Waals surface area contributed by atoms with Crippen LogP contribution in [0.4, 0.5) is 0 Å². The molecule has 0 radical (unpaired) electrons. The molecule has 2 N–H and O–H groups in total. The van der Waals surface area contributed by atoms with Crippen molar-refractivity contribution in [1.82, 2.24) is 0 Å². The molecule has 11 atom stereocenters. The average Bonchev–Trinajstić information content (AvgIpc) is 3.05. The van der Waals surface area contributed by atoms with Crippen LogP contribution in [0.1, 0.15) is 92.4 Å². The van der Waals surface area contributed by atoms with Crippen LogP contribution in [0.25, 0.3) is 0 Å². The lowest BCUT2D eigenvalue weighted by Crippen LogP contribution is -2.62. The highest BCUT2D eigenvalue weighted by molar-refractivity contribution is 5.67. The average molecular weight is 449 g/mol. The molecule has 0 unspecified atom stereocenters. The quantitative estimate of drug-likeness (QED) is 0.558. The number of esters is 1. The fourth-order valence-electron chi connectivity index (χ4n) is 9.68. The highest BCUT2D eigenvalue weighted by Gasteiger charge is 2.65. The van der Waals surface area contributed by atoms with Crippen LogP contribution in [0.3, 0.4) is 0 Å². The number of ether oxygens (including phenoxy) is 1. The molecule has 0 bridgehead atoms. The number of rotatable bonds is 5. The molecule has 4 fully saturated rings. The maximum atomic E-state index is 11.8. The lowest BCUT2D eigenvalue weighted by Gasteiger charge is -2.64. The largest absolute Gasteiger partial charge is 0.481 e. The molecule has 32 heavy (non-hydrogen) atoms. The standard InChI is InChI=1S/C27H44O5/c1-6-18-22-14-17(32-16(3)28)9-11-27(22,5)21-10-12-26(4)19(15(2)13-23(29)30)7-8-20(26)24(21)25(18)31/h15,17-22,24-25,31H,6-14H2,1-5H3,(H,29,30)/t15-,17-,18-,19-,20+,21+,22+,24+,25-,26-,27-/m1/s1. The van der Waals surface area contributed by atoms with Crippen molar-refractivity contribution in [3.05, 3.63) is 0 Å². The first-order chi connectivity index (χ1) is 15.0. The molecular weight excluding hydrogens is 404 g/mol. The molecule has 0 amide bonds. The third-order valence-electron chi connectivity index (χ3n) is 11.0. The molecule has 0 saturated heterocycles. The smallest absolute Gasteiger partial charge is 0.303 e. The van der Waals surface area contributed by atoms with Crippen molar-refractivity contribution >= 4 is 11.9 Å². The first-order valence-electron chi connectivity index (χ1n) is 13.1. The summed E-state index contributed by atoms with van der Waals surface area (Å²) in [4.78, 5) is 23.0. The van der Waals surface area contributed by atoms with E-state index in [2.05, 4.69) is 27.7 Å². The zero-order valence-corrected chi connectivity index (χ0v) is 20.7. The SMILES string of the molecule is CC[C@H]1[C@@H](O)[C@@H]2[C@H](CC[C@]3(C)[C@@H]([C@H](C)CC(=O)O)CC[C@@H]23)[C@@]2(C)CC[C@@H](OC(C)=O)C[C@@H]12. The lowest BCUT2D eigenvalue weighted by molar-refractivity contribution is -0.207. The summed E-state index contributed by atoms with van der Waals surface area (Å²) in [6, 6.07) is 0. The van der Waals surface area contributed by atoms with E-state index in [1.54, 1.807) is 0 Å². The number of carboxylic acids is 1. The van der Waals surface area contributed by atoms with Crippen molar-refractivity contribution < 1.29 is 24.5 Å². The van der Waals surface area contributed by atoms with Gasteiger partial charge in [-0.2, -0.15) is 0 Å².